The molecule has 6 rings (SSSR count). The summed E-state index contributed by atoms with van der Waals surface area (Å²) in [5.74, 6) is -0.679. The SMILES string of the molecule is [C-]#[N+]c1nn(CCNC(=O)CCOCCOCCOCCOCCN[C@H]2C[C@@H](C(=O)N[C@H](CC)c3ccccc3)N(C(=O)[C@@H](NC(=O)[C@H](C)NC)C(C)(C)C)C2)c2c1-c1cnc(N)c(c1)O[C@H](C)c1cc(C)ccc1C(=O)N(C)C2. The Labute approximate surface area is 470 Å². The molecule has 2 aliphatic rings. The normalized spacial score (nSPS) is 17.4. The molecule has 0 aliphatic carbocycles. The summed E-state index contributed by atoms with van der Waals surface area (Å²) >= 11 is 0. The lowest BCUT2D eigenvalue weighted by Crippen LogP contribution is -2.59. The van der Waals surface area contributed by atoms with Crippen molar-refractivity contribution in [2.24, 2.45) is 5.41 Å². The molecule has 4 heterocycles. The summed E-state index contributed by atoms with van der Waals surface area (Å²) in [7, 11) is 3.38. The number of ether oxygens (including phenoxy) is 5. The minimum absolute atomic E-state index is 0.117. The van der Waals surface area contributed by atoms with Crippen molar-refractivity contribution in [2.75, 3.05) is 92.3 Å². The first-order valence-electron chi connectivity index (χ1n) is 27.5. The first-order chi connectivity index (χ1) is 38.3. The van der Waals surface area contributed by atoms with E-state index >= 15 is 0 Å². The first kappa shape index (κ1) is 62.2. The molecule has 22 nitrogen and oxygen atoms in total. The Bertz CT molecular complexity index is 2760. The van der Waals surface area contributed by atoms with Crippen LogP contribution in [0.25, 0.3) is 16.0 Å². The van der Waals surface area contributed by atoms with Gasteiger partial charge in [0.15, 0.2) is 11.6 Å². The highest BCUT2D eigenvalue weighted by atomic mass is 16.6. The number of likely N-dealkylation sites (tertiary alicyclic amines) is 1. The minimum Gasteiger partial charge on any atom is -0.482 e. The molecule has 1 saturated heterocycles. The van der Waals surface area contributed by atoms with Gasteiger partial charge in [-0.1, -0.05) is 82.3 Å². The van der Waals surface area contributed by atoms with Gasteiger partial charge in [0.25, 0.3) is 5.91 Å². The van der Waals surface area contributed by atoms with E-state index in [1.807, 2.05) is 84.0 Å². The van der Waals surface area contributed by atoms with Crippen LogP contribution in [0, 0.1) is 18.9 Å². The summed E-state index contributed by atoms with van der Waals surface area (Å²) in [5, 5.41) is 20.0. The maximum atomic E-state index is 14.3. The third kappa shape index (κ3) is 17.0. The van der Waals surface area contributed by atoms with Crippen LogP contribution in [-0.4, -0.2) is 165 Å². The molecule has 6 atom stereocenters. The van der Waals surface area contributed by atoms with Crippen molar-refractivity contribution in [1.29, 1.82) is 0 Å². The van der Waals surface area contributed by atoms with Gasteiger partial charge in [-0.3, -0.25) is 24.0 Å². The zero-order chi connectivity index (χ0) is 57.9. The smallest absolute Gasteiger partial charge is 0.303 e. The van der Waals surface area contributed by atoms with Crippen LogP contribution in [-0.2, 0) is 51.2 Å². The van der Waals surface area contributed by atoms with Crippen LogP contribution >= 0.6 is 0 Å². The van der Waals surface area contributed by atoms with Gasteiger partial charge in [-0.15, -0.1) is 0 Å². The molecule has 0 unspecified atom stereocenters. The molecule has 1 fully saturated rings. The molecule has 22 heteroatoms. The summed E-state index contributed by atoms with van der Waals surface area (Å²) < 4.78 is 30.7. The zero-order valence-electron chi connectivity index (χ0n) is 47.9. The van der Waals surface area contributed by atoms with E-state index < -0.39 is 29.6 Å². The Morgan fingerprint density at radius 3 is 2.26 bits per heavy atom. The number of pyridine rings is 1. The van der Waals surface area contributed by atoms with Crippen LogP contribution in [0.2, 0.25) is 0 Å². The summed E-state index contributed by atoms with van der Waals surface area (Å²) in [6, 6.07) is 14.6. The number of hydrogen-bond donors (Lipinski definition) is 6. The van der Waals surface area contributed by atoms with E-state index in [2.05, 4.69) is 41.5 Å². The predicted octanol–water partition coefficient (Wildman–Crippen LogP) is 4.65. The largest absolute Gasteiger partial charge is 0.482 e. The molecule has 80 heavy (non-hydrogen) atoms. The van der Waals surface area contributed by atoms with Crippen molar-refractivity contribution in [1.82, 2.24) is 51.1 Å². The molecule has 434 valence electrons. The van der Waals surface area contributed by atoms with E-state index in [1.165, 1.54) is 0 Å². The fourth-order valence-corrected chi connectivity index (χ4v) is 9.57. The number of nitrogen functional groups attached to an aromatic ring is 1. The van der Waals surface area contributed by atoms with Gasteiger partial charge in [-0.2, -0.15) is 4.68 Å². The Hall–Kier alpha value is -7.00. The number of hydrogen-bond acceptors (Lipinski definition) is 15. The molecule has 5 amide bonds. The maximum Gasteiger partial charge on any atom is 0.303 e. The molecule has 2 bridgehead atoms. The average Bonchev–Trinajstić information content (AvgIpc) is 4.15. The second-order valence-electron chi connectivity index (χ2n) is 21.2. The molecule has 2 aromatic carbocycles. The number of nitrogens with zero attached hydrogens (tertiary/aromatic N) is 6. The van der Waals surface area contributed by atoms with Crippen molar-refractivity contribution < 1.29 is 47.7 Å². The van der Waals surface area contributed by atoms with Crippen LogP contribution in [0.5, 0.6) is 5.75 Å². The van der Waals surface area contributed by atoms with Gasteiger partial charge in [0.05, 0.1) is 83.7 Å². The first-order valence-corrected chi connectivity index (χ1v) is 27.5. The molecule has 0 radical (unpaired) electrons. The van der Waals surface area contributed by atoms with Crippen LogP contribution < -0.4 is 37.1 Å². The summed E-state index contributed by atoms with van der Waals surface area (Å²) in [6.07, 6.45) is 2.24. The molecule has 0 spiro atoms. The number of nitrogens with two attached hydrogens (primary N) is 1. The Balaban J connectivity index is 0.868. The van der Waals surface area contributed by atoms with Gasteiger partial charge in [-0.25, -0.2) is 4.98 Å². The van der Waals surface area contributed by atoms with Crippen LogP contribution in [0.15, 0.2) is 60.8 Å². The second kappa shape index (κ2) is 30.0. The predicted molar refractivity (Wildman–Crippen MR) is 302 cm³/mol. The van der Waals surface area contributed by atoms with E-state index in [4.69, 9.17) is 36.0 Å². The van der Waals surface area contributed by atoms with Crippen molar-refractivity contribution in [3.8, 4) is 16.9 Å². The summed E-state index contributed by atoms with van der Waals surface area (Å²) in [6.45, 7) is 25.2. The second-order valence-corrected chi connectivity index (χ2v) is 21.2. The number of anilines is 1. The third-order valence-electron chi connectivity index (χ3n) is 14.2. The van der Waals surface area contributed by atoms with E-state index in [-0.39, 0.29) is 85.9 Å². The van der Waals surface area contributed by atoms with E-state index in [0.717, 1.165) is 11.1 Å². The highest BCUT2D eigenvalue weighted by molar-refractivity contribution is 5.96. The van der Waals surface area contributed by atoms with Crippen molar-refractivity contribution >= 4 is 41.2 Å². The highest BCUT2D eigenvalue weighted by Crippen LogP contribution is 2.39. The number of carbonyl (C=O) groups excluding carboxylic acids is 5. The average molecular weight is 1110 g/mol. The zero-order valence-corrected chi connectivity index (χ0v) is 47.9. The van der Waals surface area contributed by atoms with Gasteiger partial charge in [0.2, 0.25) is 23.6 Å². The monoisotopic (exact) mass is 1110 g/mol. The van der Waals surface area contributed by atoms with Gasteiger partial charge in [-0.05, 0) is 74.4 Å². The van der Waals surface area contributed by atoms with E-state index in [9.17, 15) is 24.0 Å². The van der Waals surface area contributed by atoms with E-state index in [0.29, 0.717) is 106 Å². The quantitative estimate of drug-likeness (QED) is 0.0351. The molecule has 4 aromatic rings. The number of rotatable bonds is 27. The number of nitrogens with one attached hydrogen (secondary N) is 5. The van der Waals surface area contributed by atoms with Crippen molar-refractivity contribution in [3.05, 3.63) is 100 Å². The van der Waals surface area contributed by atoms with Gasteiger partial charge >= 0.3 is 5.82 Å². The number of aryl methyl sites for hydroxylation is 1. The molecule has 7 N–H and O–H groups in total. The van der Waals surface area contributed by atoms with Crippen LogP contribution in [0.1, 0.15) is 106 Å². The lowest BCUT2D eigenvalue weighted by molar-refractivity contribution is -0.144. The standard InChI is InChI=1S/C58H82N12O10/c1-11-45(40-15-13-12-14-16-40)65-55(73)46-33-42(35-69(46)57(75)51(58(5,6)7)66-54(72)38(3)60-8)62-21-24-77-26-28-79-30-29-78-27-25-76-23-19-49(71)63-20-22-70-47-36-68(10)56(74)43-18-17-37(2)31-44(43)39(4)80-48-32-41(34-64-52(48)59)50(47)53(61-9)67-70/h12-18,31-32,34,38-39,42,45-46,51,60,62H,11,19-30,33,35-36H2,1-8,10H3,(H2,59,64)(H,63,71)(H,65,73)(H,66,72)/t38-,39+,42-,45+,46-,51+/m0/s1. The van der Waals surface area contributed by atoms with Crippen LogP contribution in [0.3, 0.4) is 0 Å². The fraction of sp³-hybridized carbons (Fsp3) is 0.552. The van der Waals surface area contributed by atoms with Crippen molar-refractivity contribution in [3.63, 3.8) is 0 Å². The van der Waals surface area contributed by atoms with Crippen LogP contribution in [0.4, 0.5) is 11.6 Å². The number of carbonyl (C=O) groups is 5. The van der Waals surface area contributed by atoms with Gasteiger partial charge in [0, 0.05) is 62.0 Å². The molecular weight excluding hydrogens is 1020 g/mol. The van der Waals surface area contributed by atoms with Gasteiger partial charge < -0.3 is 70.6 Å². The Kier molecular flexibility index (Phi) is 23.3. The number of benzene rings is 2. The third-order valence-corrected chi connectivity index (χ3v) is 14.2. The molecule has 2 aromatic heterocycles. The van der Waals surface area contributed by atoms with Crippen molar-refractivity contribution in [2.45, 2.75) is 117 Å². The lowest BCUT2D eigenvalue weighted by Gasteiger charge is -2.36. The van der Waals surface area contributed by atoms with Gasteiger partial charge in [0.1, 0.15) is 18.2 Å². The fourth-order valence-electron chi connectivity index (χ4n) is 9.57. The number of amides is 5. The molecule has 0 saturated carbocycles. The maximum absolute atomic E-state index is 14.3. The molecule has 2 aliphatic heterocycles. The lowest BCUT2D eigenvalue weighted by atomic mass is 9.85. The molecular formula is C58H82N12O10. The topological polar surface area (TPSA) is 259 Å². The number of likely N-dealkylation sites (N-methyl/N-ethyl adjacent to an activating group) is 1. The highest BCUT2D eigenvalue weighted by Gasteiger charge is 2.45. The summed E-state index contributed by atoms with van der Waals surface area (Å²) in [5.41, 5.74) is 10.4. The summed E-state index contributed by atoms with van der Waals surface area (Å²) in [4.78, 5) is 79.4. The number of aromatic nitrogens is 3. The number of fused-ring (bicyclic) bond motifs is 5. The Morgan fingerprint density at radius 2 is 1.61 bits per heavy atom. The van der Waals surface area contributed by atoms with E-state index in [1.54, 1.807) is 53.8 Å². The Morgan fingerprint density at radius 1 is 0.938 bits per heavy atom. The minimum atomic E-state index is -0.854.